The number of aliphatic hydroxyl groups is 3. The molecule has 2 heterocycles. The highest BCUT2D eigenvalue weighted by molar-refractivity contribution is 8.14. The van der Waals surface area contributed by atoms with Crippen LogP contribution in [0.2, 0.25) is 0 Å². The van der Waals surface area contributed by atoms with Crippen LogP contribution < -0.4 is 5.32 Å². The first kappa shape index (κ1) is 15.1. The Balaban J connectivity index is 2.04. The number of amidine groups is 1. The highest BCUT2D eigenvalue weighted by atomic mass is 32.2. The second-order valence-corrected chi connectivity index (χ2v) is 6.06. The second kappa shape index (κ2) is 6.41. The van der Waals surface area contributed by atoms with E-state index in [4.69, 9.17) is 4.74 Å². The quantitative estimate of drug-likeness (QED) is 0.567. The molecule has 19 heavy (non-hydrogen) atoms. The molecule has 110 valence electrons. The summed E-state index contributed by atoms with van der Waals surface area (Å²) in [6.07, 6.45) is -1.15. The molecule has 0 aromatic heterocycles. The van der Waals surface area contributed by atoms with Crippen LogP contribution in [0.15, 0.2) is 4.99 Å². The van der Waals surface area contributed by atoms with Crippen molar-refractivity contribution in [1.29, 1.82) is 0 Å². The SMILES string of the molecule is CCCC[C@H](O)[C@H]1O[C@@H]2SC(=NC)N[C@@H]2[C@@H](O)[C@@H]1O. The van der Waals surface area contributed by atoms with Crippen LogP contribution in [0, 0.1) is 0 Å². The van der Waals surface area contributed by atoms with Crippen LogP contribution in [0.25, 0.3) is 0 Å². The van der Waals surface area contributed by atoms with E-state index >= 15 is 0 Å². The molecule has 2 fully saturated rings. The van der Waals surface area contributed by atoms with Gasteiger partial charge in [-0.05, 0) is 6.42 Å². The third-order valence-corrected chi connectivity index (χ3v) is 4.75. The summed E-state index contributed by atoms with van der Waals surface area (Å²) in [5.41, 5.74) is -0.321. The van der Waals surface area contributed by atoms with E-state index in [0.717, 1.165) is 12.8 Å². The average Bonchev–Trinajstić information content (AvgIpc) is 2.83. The number of hydrogen-bond donors (Lipinski definition) is 4. The Kier molecular flexibility index (Phi) is 5.08. The Bertz CT molecular complexity index is 342. The van der Waals surface area contributed by atoms with Gasteiger partial charge in [-0.1, -0.05) is 31.5 Å². The lowest BCUT2D eigenvalue weighted by Crippen LogP contribution is -2.61. The first-order valence-electron chi connectivity index (χ1n) is 6.68. The molecule has 0 radical (unpaired) electrons. The molecule has 2 aliphatic heterocycles. The summed E-state index contributed by atoms with van der Waals surface area (Å²) in [6.45, 7) is 2.04. The van der Waals surface area contributed by atoms with Gasteiger partial charge in [0.15, 0.2) is 5.17 Å². The van der Waals surface area contributed by atoms with Gasteiger partial charge < -0.3 is 25.4 Å². The van der Waals surface area contributed by atoms with Crippen molar-refractivity contribution in [3.8, 4) is 0 Å². The van der Waals surface area contributed by atoms with E-state index in [9.17, 15) is 15.3 Å². The number of unbranched alkanes of at least 4 members (excludes halogenated alkanes) is 1. The molecule has 4 N–H and O–H groups in total. The molecule has 0 aromatic rings. The van der Waals surface area contributed by atoms with Gasteiger partial charge in [0.25, 0.3) is 0 Å². The van der Waals surface area contributed by atoms with Crippen molar-refractivity contribution in [2.45, 2.75) is 62.1 Å². The molecule has 0 aliphatic carbocycles. The lowest BCUT2D eigenvalue weighted by molar-refractivity contribution is -0.188. The number of hydrogen-bond acceptors (Lipinski definition) is 6. The Morgan fingerprint density at radius 3 is 2.79 bits per heavy atom. The minimum absolute atomic E-state index is 0.321. The standard InChI is InChI=1S/C12H22N2O4S/c1-3-4-5-6(15)10-9(17)8(16)7-11(18-10)19-12(13-2)14-7/h6-11,15-17H,3-5H2,1-2H3,(H,13,14)/t6-,7+,8+,9-,10+,11+/m0/s1. The molecule has 0 amide bonds. The zero-order valence-corrected chi connectivity index (χ0v) is 12.0. The summed E-state index contributed by atoms with van der Waals surface area (Å²) in [7, 11) is 1.66. The van der Waals surface area contributed by atoms with Gasteiger partial charge in [0.2, 0.25) is 0 Å². The van der Waals surface area contributed by atoms with Crippen LogP contribution >= 0.6 is 11.8 Å². The van der Waals surface area contributed by atoms with Crippen LogP contribution in [0.5, 0.6) is 0 Å². The number of nitrogens with zero attached hydrogens (tertiary/aromatic N) is 1. The van der Waals surface area contributed by atoms with Gasteiger partial charge in [-0.2, -0.15) is 0 Å². The van der Waals surface area contributed by atoms with Crippen molar-refractivity contribution in [3.05, 3.63) is 0 Å². The molecule has 0 aromatic carbocycles. The first-order chi connectivity index (χ1) is 9.08. The summed E-state index contributed by atoms with van der Waals surface area (Å²) in [5.74, 6) is 0. The van der Waals surface area contributed by atoms with E-state index in [-0.39, 0.29) is 11.5 Å². The van der Waals surface area contributed by atoms with Gasteiger partial charge in [0, 0.05) is 7.05 Å². The van der Waals surface area contributed by atoms with Crippen LogP contribution in [-0.2, 0) is 4.74 Å². The maximum absolute atomic E-state index is 10.1. The molecule has 2 saturated heterocycles. The minimum Gasteiger partial charge on any atom is -0.390 e. The molecule has 2 aliphatic rings. The zero-order valence-electron chi connectivity index (χ0n) is 11.2. The molecule has 2 rings (SSSR count). The van der Waals surface area contributed by atoms with Crippen LogP contribution in [0.1, 0.15) is 26.2 Å². The predicted octanol–water partition coefficient (Wildman–Crippen LogP) is -0.325. The molecule has 0 unspecified atom stereocenters. The number of ether oxygens (including phenoxy) is 1. The first-order valence-corrected chi connectivity index (χ1v) is 7.56. The van der Waals surface area contributed by atoms with Crippen molar-refractivity contribution < 1.29 is 20.1 Å². The third-order valence-electron chi connectivity index (χ3n) is 3.59. The van der Waals surface area contributed by atoms with Crippen molar-refractivity contribution in [1.82, 2.24) is 5.32 Å². The van der Waals surface area contributed by atoms with E-state index in [1.807, 2.05) is 6.92 Å². The predicted molar refractivity (Wildman–Crippen MR) is 74.1 cm³/mol. The lowest BCUT2D eigenvalue weighted by atomic mass is 9.92. The number of nitrogens with one attached hydrogen (secondary N) is 1. The average molecular weight is 290 g/mol. The fourth-order valence-electron chi connectivity index (χ4n) is 2.44. The highest BCUT2D eigenvalue weighted by Gasteiger charge is 2.50. The Morgan fingerprint density at radius 2 is 2.16 bits per heavy atom. The Labute approximate surface area is 117 Å². The number of thioether (sulfide) groups is 1. The molecular formula is C12H22N2O4S. The summed E-state index contributed by atoms with van der Waals surface area (Å²) >= 11 is 1.38. The topological polar surface area (TPSA) is 94.3 Å². The Hall–Kier alpha value is -0.340. The summed E-state index contributed by atoms with van der Waals surface area (Å²) in [5, 5.41) is 34.0. The fourth-order valence-corrected chi connectivity index (χ4v) is 3.53. The van der Waals surface area contributed by atoms with Gasteiger partial charge in [-0.25, -0.2) is 0 Å². The number of aliphatic imine (C=N–C) groups is 1. The molecule has 6 nitrogen and oxygen atoms in total. The van der Waals surface area contributed by atoms with Crippen molar-refractivity contribution in [3.63, 3.8) is 0 Å². The summed E-state index contributed by atoms with van der Waals surface area (Å²) < 4.78 is 5.74. The molecule has 0 spiro atoms. The van der Waals surface area contributed by atoms with E-state index in [1.54, 1.807) is 7.05 Å². The second-order valence-electron chi connectivity index (χ2n) is 4.98. The monoisotopic (exact) mass is 290 g/mol. The number of fused-ring (bicyclic) bond motifs is 1. The highest BCUT2D eigenvalue weighted by Crippen LogP contribution is 2.35. The van der Waals surface area contributed by atoms with Crippen molar-refractivity contribution in [2.24, 2.45) is 4.99 Å². The van der Waals surface area contributed by atoms with Crippen LogP contribution in [0.4, 0.5) is 0 Å². The van der Waals surface area contributed by atoms with Gasteiger partial charge >= 0.3 is 0 Å². The largest absolute Gasteiger partial charge is 0.390 e. The fraction of sp³-hybridized carbons (Fsp3) is 0.917. The smallest absolute Gasteiger partial charge is 0.159 e. The van der Waals surface area contributed by atoms with Crippen LogP contribution in [0.3, 0.4) is 0 Å². The van der Waals surface area contributed by atoms with Gasteiger partial charge in [0.1, 0.15) is 23.7 Å². The summed E-state index contributed by atoms with van der Waals surface area (Å²) in [4.78, 5) is 4.02. The lowest BCUT2D eigenvalue weighted by Gasteiger charge is -2.40. The molecular weight excluding hydrogens is 268 g/mol. The van der Waals surface area contributed by atoms with E-state index in [2.05, 4.69) is 10.3 Å². The molecule has 0 saturated carbocycles. The number of aliphatic hydroxyl groups excluding tert-OH is 3. The maximum atomic E-state index is 10.1. The maximum Gasteiger partial charge on any atom is 0.159 e. The zero-order chi connectivity index (χ0) is 14.0. The molecule has 0 bridgehead atoms. The molecule has 7 heteroatoms. The van der Waals surface area contributed by atoms with Gasteiger partial charge in [-0.3, -0.25) is 4.99 Å². The van der Waals surface area contributed by atoms with Crippen molar-refractivity contribution >= 4 is 16.9 Å². The van der Waals surface area contributed by atoms with E-state index in [1.165, 1.54) is 11.8 Å². The van der Waals surface area contributed by atoms with Crippen molar-refractivity contribution in [2.75, 3.05) is 7.05 Å². The normalized spacial score (nSPS) is 41.9. The van der Waals surface area contributed by atoms with E-state index in [0.29, 0.717) is 11.6 Å². The summed E-state index contributed by atoms with van der Waals surface area (Å²) in [6, 6.07) is -0.381. The Morgan fingerprint density at radius 1 is 1.42 bits per heavy atom. The third kappa shape index (κ3) is 3.05. The number of rotatable bonds is 4. The van der Waals surface area contributed by atoms with Gasteiger partial charge in [-0.15, -0.1) is 0 Å². The van der Waals surface area contributed by atoms with Gasteiger partial charge in [0.05, 0.1) is 12.1 Å². The van der Waals surface area contributed by atoms with E-state index < -0.39 is 24.4 Å². The molecule has 6 atom stereocenters. The minimum atomic E-state index is -1.09. The van der Waals surface area contributed by atoms with Crippen LogP contribution in [-0.4, -0.2) is 63.4 Å².